The van der Waals surface area contributed by atoms with Crippen LogP contribution in [0, 0.1) is 18.6 Å². The fourth-order valence-corrected chi connectivity index (χ4v) is 3.26. The number of carbonyl (C=O) groups is 1. The number of aromatic nitrogens is 2. The van der Waals surface area contributed by atoms with E-state index >= 15 is 0 Å². The molecule has 2 aromatic carbocycles. The van der Waals surface area contributed by atoms with Crippen molar-refractivity contribution in [1.82, 2.24) is 15.1 Å². The fourth-order valence-electron chi connectivity index (χ4n) is 3.26. The summed E-state index contributed by atoms with van der Waals surface area (Å²) in [6.45, 7) is 2.10. The van der Waals surface area contributed by atoms with Crippen molar-refractivity contribution in [2.75, 3.05) is 0 Å². The number of furan rings is 1. The number of aryl methyl sites for hydroxylation is 1. The van der Waals surface area contributed by atoms with Crippen LogP contribution in [0.15, 0.2) is 71.3 Å². The third kappa shape index (κ3) is 5.03. The minimum atomic E-state index is -0.439. The Morgan fingerprint density at radius 2 is 1.91 bits per heavy atom. The zero-order valence-corrected chi connectivity index (χ0v) is 17.3. The smallest absolute Gasteiger partial charge is 0.226 e. The predicted molar refractivity (Wildman–Crippen MR) is 114 cm³/mol. The zero-order valence-electron chi connectivity index (χ0n) is 17.3. The fraction of sp³-hybridized carbons (Fsp3) is 0.167. The average Bonchev–Trinajstić information content (AvgIpc) is 3.40. The molecule has 0 aliphatic rings. The minimum absolute atomic E-state index is 0.160. The normalized spacial score (nSPS) is 10.8. The van der Waals surface area contributed by atoms with Crippen LogP contribution in [0.1, 0.15) is 23.4 Å². The van der Waals surface area contributed by atoms with Crippen LogP contribution in [0.25, 0.3) is 5.69 Å². The van der Waals surface area contributed by atoms with Gasteiger partial charge in [-0.25, -0.2) is 13.5 Å². The van der Waals surface area contributed by atoms with Crippen molar-refractivity contribution in [1.29, 1.82) is 0 Å². The second-order valence-corrected chi connectivity index (χ2v) is 7.17. The van der Waals surface area contributed by atoms with E-state index in [-0.39, 0.29) is 23.9 Å². The predicted octanol–water partition coefficient (Wildman–Crippen LogP) is 5.09. The maximum absolute atomic E-state index is 13.7. The van der Waals surface area contributed by atoms with Crippen molar-refractivity contribution >= 4 is 5.91 Å². The number of benzene rings is 2. The number of rotatable bonds is 8. The van der Waals surface area contributed by atoms with Gasteiger partial charge in [0, 0.05) is 18.1 Å². The van der Waals surface area contributed by atoms with Gasteiger partial charge in [-0.05, 0) is 61.9 Å². The summed E-state index contributed by atoms with van der Waals surface area (Å²) in [5, 5.41) is 7.33. The van der Waals surface area contributed by atoms with Gasteiger partial charge >= 0.3 is 0 Å². The Kier molecular flexibility index (Phi) is 6.30. The van der Waals surface area contributed by atoms with Crippen molar-refractivity contribution in [3.05, 3.63) is 95.6 Å². The van der Waals surface area contributed by atoms with Gasteiger partial charge in [0.15, 0.2) is 0 Å². The number of nitrogens with zero attached hydrogens (tertiary/aromatic N) is 2. The molecule has 0 saturated carbocycles. The van der Waals surface area contributed by atoms with E-state index in [1.165, 1.54) is 35.0 Å². The lowest BCUT2D eigenvalue weighted by Gasteiger charge is -2.12. The van der Waals surface area contributed by atoms with E-state index in [1.807, 2.05) is 0 Å². The van der Waals surface area contributed by atoms with Crippen molar-refractivity contribution in [3.63, 3.8) is 0 Å². The molecular formula is C24H21F2N3O3. The highest BCUT2D eigenvalue weighted by Crippen LogP contribution is 2.31. The number of ether oxygens (including phenoxy) is 1. The summed E-state index contributed by atoms with van der Waals surface area (Å²) in [6.07, 6.45) is 2.09. The summed E-state index contributed by atoms with van der Waals surface area (Å²) in [5.74, 6) is 0.320. The van der Waals surface area contributed by atoms with E-state index in [9.17, 15) is 13.6 Å². The third-order valence-electron chi connectivity index (χ3n) is 4.86. The first-order valence-electron chi connectivity index (χ1n) is 10.1. The highest BCUT2D eigenvalue weighted by Gasteiger charge is 2.20. The molecule has 2 aromatic heterocycles. The minimum Gasteiger partial charge on any atom is -0.467 e. The molecule has 0 unspecified atom stereocenters. The molecule has 0 aliphatic carbocycles. The van der Waals surface area contributed by atoms with E-state index < -0.39 is 5.82 Å². The number of amides is 1. The first kappa shape index (κ1) is 21.3. The van der Waals surface area contributed by atoms with Crippen LogP contribution < -0.4 is 10.1 Å². The van der Waals surface area contributed by atoms with Crippen LogP contribution in [0.4, 0.5) is 8.78 Å². The number of halogens is 2. The molecule has 4 aromatic rings. The van der Waals surface area contributed by atoms with E-state index in [2.05, 4.69) is 10.4 Å². The number of hydrogen-bond donors (Lipinski definition) is 1. The number of nitrogens with one attached hydrogen (secondary N) is 1. The van der Waals surface area contributed by atoms with Gasteiger partial charge in [-0.2, -0.15) is 5.10 Å². The standard InChI is InChI=1S/C24H21F2N3O3/c1-16-22(11-12-23(30)27-15-21-6-3-13-31-21)24(32-20-5-2-4-18(26)14-20)29(28-16)19-9-7-17(25)8-10-19/h2-10,13-14H,11-12,15H2,1H3,(H,27,30). The molecule has 0 fully saturated rings. The average molecular weight is 437 g/mol. The quantitative estimate of drug-likeness (QED) is 0.417. The van der Waals surface area contributed by atoms with Crippen LogP contribution in [-0.2, 0) is 17.8 Å². The summed E-state index contributed by atoms with van der Waals surface area (Å²) in [7, 11) is 0. The summed E-state index contributed by atoms with van der Waals surface area (Å²) in [4.78, 5) is 12.3. The van der Waals surface area contributed by atoms with E-state index in [0.717, 1.165) is 0 Å². The first-order valence-corrected chi connectivity index (χ1v) is 10.1. The Morgan fingerprint density at radius 1 is 1.09 bits per heavy atom. The van der Waals surface area contributed by atoms with Crippen LogP contribution >= 0.6 is 0 Å². The lowest BCUT2D eigenvalue weighted by molar-refractivity contribution is -0.121. The molecule has 4 rings (SSSR count). The molecule has 6 nitrogen and oxygen atoms in total. The number of hydrogen-bond acceptors (Lipinski definition) is 4. The molecule has 2 heterocycles. The SMILES string of the molecule is Cc1nn(-c2ccc(F)cc2)c(Oc2cccc(F)c2)c1CCC(=O)NCc1ccco1. The topological polar surface area (TPSA) is 69.3 Å². The van der Waals surface area contributed by atoms with E-state index in [4.69, 9.17) is 9.15 Å². The van der Waals surface area contributed by atoms with Crippen LogP contribution in [0.5, 0.6) is 11.6 Å². The Bertz CT molecular complexity index is 1200. The maximum atomic E-state index is 13.7. The molecule has 0 spiro atoms. The summed E-state index contributed by atoms with van der Waals surface area (Å²) < 4.78 is 39.8. The maximum Gasteiger partial charge on any atom is 0.226 e. The molecule has 8 heteroatoms. The summed E-state index contributed by atoms with van der Waals surface area (Å²) >= 11 is 0. The van der Waals surface area contributed by atoms with Gasteiger partial charge in [0.2, 0.25) is 11.8 Å². The van der Waals surface area contributed by atoms with Crippen molar-refractivity contribution in [2.24, 2.45) is 0 Å². The molecule has 0 radical (unpaired) electrons. The Labute approximate surface area is 183 Å². The van der Waals surface area contributed by atoms with Crippen molar-refractivity contribution in [2.45, 2.75) is 26.3 Å². The van der Waals surface area contributed by atoms with Crippen LogP contribution in [0.3, 0.4) is 0 Å². The Balaban J connectivity index is 1.58. The molecule has 1 N–H and O–H groups in total. The third-order valence-corrected chi connectivity index (χ3v) is 4.86. The Hall–Kier alpha value is -3.94. The lowest BCUT2D eigenvalue weighted by atomic mass is 10.1. The van der Waals surface area contributed by atoms with Gasteiger partial charge in [-0.3, -0.25) is 4.79 Å². The van der Waals surface area contributed by atoms with Crippen LogP contribution in [0.2, 0.25) is 0 Å². The molecule has 0 atom stereocenters. The van der Waals surface area contributed by atoms with E-state index in [1.54, 1.807) is 43.5 Å². The summed E-state index contributed by atoms with van der Waals surface area (Å²) in [5.41, 5.74) is 1.93. The molecule has 0 saturated heterocycles. The van der Waals surface area contributed by atoms with Crippen LogP contribution in [-0.4, -0.2) is 15.7 Å². The van der Waals surface area contributed by atoms with Gasteiger partial charge in [-0.15, -0.1) is 0 Å². The van der Waals surface area contributed by atoms with Gasteiger partial charge < -0.3 is 14.5 Å². The lowest BCUT2D eigenvalue weighted by Crippen LogP contribution is -2.22. The van der Waals surface area contributed by atoms with Crippen molar-refractivity contribution in [3.8, 4) is 17.3 Å². The second-order valence-electron chi connectivity index (χ2n) is 7.17. The first-order chi connectivity index (χ1) is 15.5. The molecule has 0 bridgehead atoms. The van der Waals surface area contributed by atoms with Gasteiger partial charge in [-0.1, -0.05) is 6.07 Å². The highest BCUT2D eigenvalue weighted by molar-refractivity contribution is 5.76. The second kappa shape index (κ2) is 9.47. The van der Waals surface area contributed by atoms with E-state index in [0.29, 0.717) is 41.6 Å². The number of carbonyl (C=O) groups excluding carboxylic acids is 1. The molecule has 0 aliphatic heterocycles. The summed E-state index contributed by atoms with van der Waals surface area (Å²) in [6, 6.07) is 15.1. The Morgan fingerprint density at radius 3 is 2.62 bits per heavy atom. The molecule has 164 valence electrons. The highest BCUT2D eigenvalue weighted by atomic mass is 19.1. The molecular weight excluding hydrogens is 416 g/mol. The van der Waals surface area contributed by atoms with Gasteiger partial charge in [0.25, 0.3) is 0 Å². The molecule has 1 amide bonds. The molecule has 32 heavy (non-hydrogen) atoms. The zero-order chi connectivity index (χ0) is 22.5. The van der Waals surface area contributed by atoms with Gasteiger partial charge in [0.05, 0.1) is 24.2 Å². The van der Waals surface area contributed by atoms with Crippen molar-refractivity contribution < 1.29 is 22.7 Å². The largest absolute Gasteiger partial charge is 0.467 e. The van der Waals surface area contributed by atoms with Gasteiger partial charge in [0.1, 0.15) is 23.1 Å². The monoisotopic (exact) mass is 437 g/mol.